The molecule has 3 nitrogen and oxygen atoms in total. The van der Waals surface area contributed by atoms with E-state index in [0.717, 1.165) is 55.9 Å². The molecule has 0 unspecified atom stereocenters. The number of nitrogens with zero attached hydrogens (tertiary/aromatic N) is 2. The van der Waals surface area contributed by atoms with Gasteiger partial charge in [0.1, 0.15) is 0 Å². The number of amides is 1. The lowest BCUT2D eigenvalue weighted by Crippen LogP contribution is -2.68. The summed E-state index contributed by atoms with van der Waals surface area (Å²) in [6, 6.07) is 11.1. The van der Waals surface area contributed by atoms with Gasteiger partial charge in [0.05, 0.1) is 12.0 Å². The molecule has 4 rings (SSSR count). The maximum absolute atomic E-state index is 12.3. The Morgan fingerprint density at radius 3 is 2.20 bits per heavy atom. The Hall–Kier alpha value is -1.35. The lowest BCUT2D eigenvalue weighted by molar-refractivity contribution is -0.129. The summed E-state index contributed by atoms with van der Waals surface area (Å²) < 4.78 is 0. The van der Waals surface area contributed by atoms with Crippen LogP contribution in [0.15, 0.2) is 30.3 Å². The van der Waals surface area contributed by atoms with Crippen molar-refractivity contribution in [1.82, 2.24) is 4.90 Å². The number of para-hydroxylation sites is 1. The Bertz CT molecular complexity index is 596. The van der Waals surface area contributed by atoms with Crippen LogP contribution in [0.1, 0.15) is 58.8 Å². The zero-order valence-corrected chi connectivity index (χ0v) is 15.8. The minimum Gasteiger partial charge on any atom is -0.306 e. The normalized spacial score (nSPS) is 29.9. The second-order valence-corrected chi connectivity index (χ2v) is 8.81. The molecule has 3 aliphatic rings. The number of carbonyl (C=O) groups is 1. The first kappa shape index (κ1) is 17.1. The maximum atomic E-state index is 12.3. The first-order chi connectivity index (χ1) is 12.1. The van der Waals surface area contributed by atoms with Crippen LogP contribution in [0.3, 0.4) is 0 Å². The highest BCUT2D eigenvalue weighted by molar-refractivity contribution is 6.02. The van der Waals surface area contributed by atoms with Gasteiger partial charge in [0.25, 0.3) is 0 Å². The van der Waals surface area contributed by atoms with Crippen molar-refractivity contribution in [3.05, 3.63) is 30.3 Å². The van der Waals surface area contributed by atoms with E-state index < -0.39 is 0 Å². The van der Waals surface area contributed by atoms with Crippen molar-refractivity contribution in [2.75, 3.05) is 18.0 Å². The van der Waals surface area contributed by atoms with Gasteiger partial charge in [-0.05, 0) is 62.5 Å². The third-order valence-corrected chi connectivity index (χ3v) is 7.15. The predicted octanol–water partition coefficient (Wildman–Crippen LogP) is 4.47. The molecule has 25 heavy (non-hydrogen) atoms. The summed E-state index contributed by atoms with van der Waals surface area (Å²) in [7, 11) is 0. The largest absolute Gasteiger partial charge is 0.306 e. The summed E-state index contributed by atoms with van der Waals surface area (Å²) in [6.45, 7) is 7.07. The van der Waals surface area contributed by atoms with Gasteiger partial charge in [-0.15, -0.1) is 0 Å². The van der Waals surface area contributed by atoms with Crippen molar-refractivity contribution in [3.8, 4) is 0 Å². The maximum Gasteiger partial charge on any atom is 0.229 e. The summed E-state index contributed by atoms with van der Waals surface area (Å²) in [5.74, 6) is 2.08. The smallest absolute Gasteiger partial charge is 0.229 e. The zero-order valence-electron chi connectivity index (χ0n) is 15.8. The first-order valence-electron chi connectivity index (χ1n) is 10.2. The molecule has 1 spiro atoms. The second-order valence-electron chi connectivity index (χ2n) is 8.81. The van der Waals surface area contributed by atoms with Crippen LogP contribution in [0.25, 0.3) is 0 Å². The first-order valence-corrected chi connectivity index (χ1v) is 10.2. The standard InChI is InChI=1S/C22H32N2O/c1-17(2)18-8-10-19(11-9-18)23-14-12-22(13-15-23)16-21(25)24(22)20-6-4-3-5-7-20/h3-7,17-19H,8-16H2,1-2H3/t18-,19+. The molecule has 1 aromatic carbocycles. The Labute approximate surface area is 152 Å². The fourth-order valence-electron chi connectivity index (χ4n) is 5.45. The number of rotatable bonds is 3. The van der Waals surface area contributed by atoms with Gasteiger partial charge in [0.15, 0.2) is 0 Å². The molecule has 0 radical (unpaired) electrons. The van der Waals surface area contributed by atoms with Crippen LogP contribution in [0.4, 0.5) is 5.69 Å². The monoisotopic (exact) mass is 340 g/mol. The molecule has 2 heterocycles. The molecule has 0 aromatic heterocycles. The third kappa shape index (κ3) is 3.12. The van der Waals surface area contributed by atoms with E-state index in [0.29, 0.717) is 5.91 Å². The van der Waals surface area contributed by atoms with E-state index in [4.69, 9.17) is 0 Å². The molecule has 2 saturated heterocycles. The third-order valence-electron chi connectivity index (χ3n) is 7.15. The quantitative estimate of drug-likeness (QED) is 0.758. The van der Waals surface area contributed by atoms with Crippen LogP contribution in [0.5, 0.6) is 0 Å². The summed E-state index contributed by atoms with van der Waals surface area (Å²) >= 11 is 0. The molecule has 2 aliphatic heterocycles. The van der Waals surface area contributed by atoms with E-state index in [9.17, 15) is 4.79 Å². The van der Waals surface area contributed by atoms with Gasteiger partial charge in [-0.3, -0.25) is 4.79 Å². The summed E-state index contributed by atoms with van der Waals surface area (Å²) in [5, 5.41) is 0. The van der Waals surface area contributed by atoms with Crippen molar-refractivity contribution >= 4 is 11.6 Å². The van der Waals surface area contributed by atoms with Crippen molar-refractivity contribution in [2.24, 2.45) is 11.8 Å². The fraction of sp³-hybridized carbons (Fsp3) is 0.682. The second kappa shape index (κ2) is 6.75. The van der Waals surface area contributed by atoms with E-state index in [-0.39, 0.29) is 5.54 Å². The highest BCUT2D eigenvalue weighted by atomic mass is 16.2. The highest BCUT2D eigenvalue weighted by Gasteiger charge is 2.53. The topological polar surface area (TPSA) is 23.6 Å². The van der Waals surface area contributed by atoms with Crippen LogP contribution in [0, 0.1) is 11.8 Å². The Morgan fingerprint density at radius 2 is 1.64 bits per heavy atom. The van der Waals surface area contributed by atoms with Crippen molar-refractivity contribution in [1.29, 1.82) is 0 Å². The number of β-lactam (4-membered cyclic amide) rings is 1. The van der Waals surface area contributed by atoms with Gasteiger partial charge >= 0.3 is 0 Å². The van der Waals surface area contributed by atoms with Gasteiger partial charge in [-0.25, -0.2) is 0 Å². The van der Waals surface area contributed by atoms with E-state index in [1.54, 1.807) is 0 Å². The summed E-state index contributed by atoms with van der Waals surface area (Å²) in [4.78, 5) is 17.1. The molecule has 1 amide bonds. The molecule has 136 valence electrons. The minimum absolute atomic E-state index is 0.101. The minimum atomic E-state index is 0.101. The molecule has 3 fully saturated rings. The average Bonchev–Trinajstić information content (AvgIpc) is 2.63. The Kier molecular flexibility index (Phi) is 4.61. The molecule has 0 atom stereocenters. The lowest BCUT2D eigenvalue weighted by Gasteiger charge is -2.56. The van der Waals surface area contributed by atoms with E-state index in [1.807, 2.05) is 18.2 Å². The van der Waals surface area contributed by atoms with Crippen molar-refractivity contribution < 1.29 is 4.79 Å². The van der Waals surface area contributed by atoms with Gasteiger partial charge < -0.3 is 9.80 Å². The van der Waals surface area contributed by atoms with Crippen molar-refractivity contribution in [2.45, 2.75) is 70.4 Å². The van der Waals surface area contributed by atoms with Crippen LogP contribution < -0.4 is 4.90 Å². The number of hydrogen-bond acceptors (Lipinski definition) is 2. The number of benzene rings is 1. The van der Waals surface area contributed by atoms with Gasteiger partial charge in [0.2, 0.25) is 5.91 Å². The Balaban J connectivity index is 1.36. The predicted molar refractivity (Wildman–Crippen MR) is 103 cm³/mol. The number of carbonyl (C=O) groups excluding carboxylic acids is 1. The molecule has 1 aliphatic carbocycles. The van der Waals surface area contributed by atoms with Crippen LogP contribution in [-0.4, -0.2) is 35.5 Å². The molecular formula is C22H32N2O. The molecular weight excluding hydrogens is 308 g/mol. The molecule has 0 N–H and O–H groups in total. The van der Waals surface area contributed by atoms with E-state index >= 15 is 0 Å². The molecule has 1 aromatic rings. The number of hydrogen-bond donors (Lipinski definition) is 0. The molecule has 1 saturated carbocycles. The Morgan fingerprint density at radius 1 is 1.00 bits per heavy atom. The number of likely N-dealkylation sites (tertiary alicyclic amines) is 1. The number of anilines is 1. The van der Waals surface area contributed by atoms with Gasteiger partial charge in [-0.2, -0.15) is 0 Å². The van der Waals surface area contributed by atoms with Crippen LogP contribution >= 0.6 is 0 Å². The van der Waals surface area contributed by atoms with Crippen LogP contribution in [-0.2, 0) is 4.79 Å². The fourth-order valence-corrected chi connectivity index (χ4v) is 5.45. The van der Waals surface area contributed by atoms with E-state index in [1.165, 1.54) is 25.7 Å². The van der Waals surface area contributed by atoms with Gasteiger partial charge in [0, 0.05) is 24.8 Å². The summed E-state index contributed by atoms with van der Waals surface area (Å²) in [5.41, 5.74) is 1.19. The van der Waals surface area contributed by atoms with Crippen molar-refractivity contribution in [3.63, 3.8) is 0 Å². The summed E-state index contributed by atoms with van der Waals surface area (Å²) in [6.07, 6.45) is 8.57. The zero-order chi connectivity index (χ0) is 17.4. The SMILES string of the molecule is CC(C)[C@H]1CC[C@@H](N2CCC3(CC2)CC(=O)N3c2ccccc2)CC1. The molecule has 0 bridgehead atoms. The van der Waals surface area contributed by atoms with E-state index in [2.05, 4.69) is 35.8 Å². The van der Waals surface area contributed by atoms with Crippen LogP contribution in [0.2, 0.25) is 0 Å². The lowest BCUT2D eigenvalue weighted by atomic mass is 9.74. The average molecular weight is 341 g/mol. The highest BCUT2D eigenvalue weighted by Crippen LogP contribution is 2.45. The molecule has 3 heteroatoms. The number of piperidine rings is 1. The van der Waals surface area contributed by atoms with Gasteiger partial charge in [-0.1, -0.05) is 32.0 Å².